The average Bonchev–Trinajstić information content (AvgIpc) is 3.42. The summed E-state index contributed by atoms with van der Waals surface area (Å²) in [5, 5.41) is 12.5. The van der Waals surface area contributed by atoms with Crippen LogP contribution < -0.4 is 15.4 Å². The van der Waals surface area contributed by atoms with Crippen LogP contribution >= 0.6 is 0 Å². The lowest BCUT2D eigenvalue weighted by Gasteiger charge is -2.12. The molecular formula is C21H29N5O5S. The van der Waals surface area contributed by atoms with Crippen molar-refractivity contribution in [3.8, 4) is 0 Å². The summed E-state index contributed by atoms with van der Waals surface area (Å²) in [7, 11) is -2.34. The molecule has 2 aromatic rings. The zero-order valence-corrected chi connectivity index (χ0v) is 19.0. The molecule has 1 fully saturated rings. The fraction of sp³-hybridized carbons (Fsp3) is 0.476. The highest BCUT2D eigenvalue weighted by molar-refractivity contribution is 7.89. The molecule has 1 aliphatic rings. The smallest absolute Gasteiger partial charge is 0.407 e. The summed E-state index contributed by atoms with van der Waals surface area (Å²) in [5.74, 6) is 0.143. The molecule has 1 aromatic heterocycles. The lowest BCUT2D eigenvalue weighted by molar-refractivity contribution is -0.115. The average molecular weight is 464 g/mol. The van der Waals surface area contributed by atoms with Gasteiger partial charge in [-0.1, -0.05) is 25.1 Å². The maximum Gasteiger partial charge on any atom is 0.407 e. The molecular weight excluding hydrogens is 434 g/mol. The molecule has 2 unspecified atom stereocenters. The van der Waals surface area contributed by atoms with Crippen LogP contribution in [-0.2, 0) is 26.0 Å². The molecule has 32 heavy (non-hydrogen) atoms. The number of ether oxygens (including phenoxy) is 1. The predicted octanol–water partition coefficient (Wildman–Crippen LogP) is 2.27. The van der Waals surface area contributed by atoms with Crippen LogP contribution in [0.1, 0.15) is 49.8 Å². The Balaban J connectivity index is 1.56. The Hall–Kier alpha value is -2.92. The Morgan fingerprint density at radius 2 is 2.03 bits per heavy atom. The number of rotatable bonds is 9. The summed E-state index contributed by atoms with van der Waals surface area (Å²) in [6.07, 6.45) is 2.50. The van der Waals surface area contributed by atoms with Crippen molar-refractivity contribution >= 4 is 27.8 Å². The second-order valence-corrected chi connectivity index (χ2v) is 9.57. The molecule has 0 aliphatic heterocycles. The first-order chi connectivity index (χ1) is 15.3. The lowest BCUT2D eigenvalue weighted by Crippen LogP contribution is -2.28. The van der Waals surface area contributed by atoms with Crippen molar-refractivity contribution < 1.29 is 22.7 Å². The minimum atomic E-state index is -3.67. The quantitative estimate of drug-likeness (QED) is 0.449. The van der Waals surface area contributed by atoms with Crippen LogP contribution in [0.15, 0.2) is 35.2 Å². The molecule has 2 amide bonds. The zero-order valence-electron chi connectivity index (χ0n) is 18.2. The molecule has 11 heteroatoms. The molecule has 174 valence electrons. The molecule has 1 heterocycles. The molecule has 0 saturated heterocycles. The van der Waals surface area contributed by atoms with Crippen LogP contribution in [0.5, 0.6) is 0 Å². The number of amides is 2. The third-order valence-electron chi connectivity index (χ3n) is 5.36. The van der Waals surface area contributed by atoms with Gasteiger partial charge < -0.3 is 15.4 Å². The van der Waals surface area contributed by atoms with E-state index in [1.807, 2.05) is 6.92 Å². The standard InChI is InChI=1S/C21H29N5O5S/c1-3-10-23-21(28)31-16-9-8-14(11-16)17-13-19(26-25-17)24-20(27)12-15-6-4-5-7-18(15)32(29,30)22-2/h4-7,13-14,16,22H,3,8-12H2,1-2H3,(H,23,28)(H2,24,25,26,27). The van der Waals surface area contributed by atoms with Crippen molar-refractivity contribution in [3.63, 3.8) is 0 Å². The van der Waals surface area contributed by atoms with E-state index in [1.54, 1.807) is 24.3 Å². The molecule has 1 saturated carbocycles. The van der Waals surface area contributed by atoms with Gasteiger partial charge in [0, 0.05) is 24.2 Å². The Kier molecular flexibility index (Phi) is 7.86. The van der Waals surface area contributed by atoms with Gasteiger partial charge in [0.25, 0.3) is 0 Å². The van der Waals surface area contributed by atoms with Crippen molar-refractivity contribution in [2.75, 3.05) is 18.9 Å². The number of aromatic nitrogens is 2. The first kappa shape index (κ1) is 23.7. The van der Waals surface area contributed by atoms with Gasteiger partial charge in [-0.15, -0.1) is 0 Å². The van der Waals surface area contributed by atoms with Crippen LogP contribution in [0.25, 0.3) is 0 Å². The van der Waals surface area contributed by atoms with Gasteiger partial charge in [-0.3, -0.25) is 9.89 Å². The molecule has 1 aromatic carbocycles. The van der Waals surface area contributed by atoms with Crippen molar-refractivity contribution in [1.82, 2.24) is 20.2 Å². The number of anilines is 1. The highest BCUT2D eigenvalue weighted by atomic mass is 32.2. The Bertz CT molecular complexity index is 1050. The molecule has 4 N–H and O–H groups in total. The molecule has 1 aliphatic carbocycles. The topological polar surface area (TPSA) is 142 Å². The highest BCUT2D eigenvalue weighted by Gasteiger charge is 2.30. The Morgan fingerprint density at radius 1 is 1.25 bits per heavy atom. The Morgan fingerprint density at radius 3 is 2.78 bits per heavy atom. The van der Waals surface area contributed by atoms with Crippen LogP contribution in [0.3, 0.4) is 0 Å². The monoisotopic (exact) mass is 463 g/mol. The predicted molar refractivity (Wildman–Crippen MR) is 119 cm³/mol. The largest absolute Gasteiger partial charge is 0.446 e. The molecule has 0 radical (unpaired) electrons. The molecule has 3 rings (SSSR count). The number of H-pyrrole nitrogens is 1. The number of sulfonamides is 1. The number of hydrogen-bond acceptors (Lipinski definition) is 6. The van der Waals surface area contributed by atoms with Gasteiger partial charge in [-0.05, 0) is 44.4 Å². The van der Waals surface area contributed by atoms with Crippen molar-refractivity contribution in [2.45, 2.75) is 55.9 Å². The van der Waals surface area contributed by atoms with Crippen molar-refractivity contribution in [2.24, 2.45) is 0 Å². The van der Waals surface area contributed by atoms with Gasteiger partial charge in [0.1, 0.15) is 6.10 Å². The summed E-state index contributed by atoms with van der Waals surface area (Å²) in [6, 6.07) is 8.12. The van der Waals surface area contributed by atoms with E-state index in [-0.39, 0.29) is 29.2 Å². The van der Waals surface area contributed by atoms with E-state index in [0.29, 0.717) is 24.3 Å². The first-order valence-corrected chi connectivity index (χ1v) is 12.1. The second kappa shape index (κ2) is 10.6. The zero-order chi connectivity index (χ0) is 23.1. The van der Waals surface area contributed by atoms with Crippen molar-refractivity contribution in [1.29, 1.82) is 0 Å². The highest BCUT2D eigenvalue weighted by Crippen LogP contribution is 2.35. The minimum absolute atomic E-state index is 0.0698. The molecule has 0 spiro atoms. The third-order valence-corrected chi connectivity index (χ3v) is 6.88. The summed E-state index contributed by atoms with van der Waals surface area (Å²) >= 11 is 0. The number of alkyl carbamates (subject to hydrolysis) is 1. The van der Waals surface area contributed by atoms with E-state index in [2.05, 4.69) is 25.6 Å². The molecule has 10 nitrogen and oxygen atoms in total. The van der Waals surface area contributed by atoms with Gasteiger partial charge in [0.2, 0.25) is 15.9 Å². The normalized spacial score (nSPS) is 18.3. The number of hydrogen-bond donors (Lipinski definition) is 4. The SMILES string of the molecule is CCCNC(=O)OC1CCC(c2cc(NC(=O)Cc3ccccc3S(=O)(=O)NC)n[nH]2)C1. The van der Waals surface area contributed by atoms with E-state index in [0.717, 1.165) is 25.0 Å². The summed E-state index contributed by atoms with van der Waals surface area (Å²) in [4.78, 5) is 24.3. The van der Waals surface area contributed by atoms with Crippen LogP contribution in [-0.4, -0.2) is 50.3 Å². The van der Waals surface area contributed by atoms with Gasteiger partial charge in [-0.2, -0.15) is 5.10 Å². The van der Waals surface area contributed by atoms with E-state index < -0.39 is 16.1 Å². The maximum absolute atomic E-state index is 12.5. The third kappa shape index (κ3) is 6.07. The summed E-state index contributed by atoms with van der Waals surface area (Å²) in [6.45, 7) is 2.56. The molecule has 0 bridgehead atoms. The minimum Gasteiger partial charge on any atom is -0.446 e. The summed E-state index contributed by atoms with van der Waals surface area (Å²) in [5.41, 5.74) is 1.26. The number of aromatic amines is 1. The number of nitrogens with one attached hydrogen (secondary N) is 4. The van der Waals surface area contributed by atoms with Crippen LogP contribution in [0.4, 0.5) is 10.6 Å². The van der Waals surface area contributed by atoms with Gasteiger partial charge in [-0.25, -0.2) is 17.9 Å². The van der Waals surface area contributed by atoms with Crippen LogP contribution in [0.2, 0.25) is 0 Å². The van der Waals surface area contributed by atoms with E-state index in [9.17, 15) is 18.0 Å². The van der Waals surface area contributed by atoms with Gasteiger partial charge >= 0.3 is 6.09 Å². The second-order valence-electron chi connectivity index (χ2n) is 7.71. The Labute approximate surface area is 187 Å². The van der Waals surface area contributed by atoms with Gasteiger partial charge in [0.05, 0.1) is 11.3 Å². The fourth-order valence-corrected chi connectivity index (χ4v) is 4.70. The molecule has 2 atom stereocenters. The fourth-order valence-electron chi connectivity index (χ4n) is 3.74. The van der Waals surface area contributed by atoms with Crippen molar-refractivity contribution in [3.05, 3.63) is 41.6 Å². The van der Waals surface area contributed by atoms with E-state index in [4.69, 9.17) is 4.74 Å². The number of carbonyl (C=O) groups excluding carboxylic acids is 2. The number of benzene rings is 1. The number of carbonyl (C=O) groups is 2. The van der Waals surface area contributed by atoms with Crippen LogP contribution in [0, 0.1) is 0 Å². The first-order valence-electron chi connectivity index (χ1n) is 10.6. The van der Waals surface area contributed by atoms with E-state index in [1.165, 1.54) is 13.1 Å². The maximum atomic E-state index is 12.5. The van der Waals surface area contributed by atoms with Gasteiger partial charge in [0.15, 0.2) is 5.82 Å². The lowest BCUT2D eigenvalue weighted by atomic mass is 10.0. The van der Waals surface area contributed by atoms with E-state index >= 15 is 0 Å². The number of nitrogens with zero attached hydrogens (tertiary/aromatic N) is 1. The summed E-state index contributed by atoms with van der Waals surface area (Å²) < 4.78 is 32.0.